The molecule has 8 nitrogen and oxygen atoms in total. The standard InChI is InChI=1S/C58H97NO7/c1-6-8-10-12-14-16-18-20-22-24-26-27-28-29-31-32-34-36-38-40-42-44-46-48-56(60)65-53-54(52-64-51-50-55(58(62)63)59(3,4)5)66-57(61)49-47-45-43-41-39-37-35-33-30-25-23-21-19-17-15-13-11-9-7-2/h8,10,14-17,19-22,26-27,29,31,34,36,54-55H,6-7,9,11-13,18,23-25,28,30,32-33,35,37-53H2,1-5H3/p+1/b10-8+,16-14+,17-15+,21-19+,22-20+,27-26+,31-29+,36-34+. The molecule has 2 atom stereocenters. The van der Waals surface area contributed by atoms with Gasteiger partial charge in [-0.2, -0.15) is 0 Å². The topological polar surface area (TPSA) is 99.1 Å². The maximum atomic E-state index is 12.8. The first-order valence-electron chi connectivity index (χ1n) is 26.3. The summed E-state index contributed by atoms with van der Waals surface area (Å²) in [5.74, 6) is -1.51. The summed E-state index contributed by atoms with van der Waals surface area (Å²) in [5.41, 5.74) is 0. The van der Waals surface area contributed by atoms with Crippen LogP contribution < -0.4 is 0 Å². The molecule has 0 amide bonds. The van der Waals surface area contributed by atoms with Gasteiger partial charge < -0.3 is 23.8 Å². The van der Waals surface area contributed by atoms with E-state index in [1.165, 1.54) is 77.0 Å². The lowest BCUT2D eigenvalue weighted by molar-refractivity contribution is -0.887. The van der Waals surface area contributed by atoms with Crippen LogP contribution in [0, 0.1) is 0 Å². The number of esters is 2. The molecule has 0 heterocycles. The Bertz CT molecular complexity index is 1400. The monoisotopic (exact) mass is 921 g/mol. The molecular weight excluding hydrogens is 823 g/mol. The highest BCUT2D eigenvalue weighted by Gasteiger charge is 2.31. The third kappa shape index (κ3) is 45.4. The Kier molecular flexibility index (Phi) is 45.0. The first kappa shape index (κ1) is 62.2. The predicted molar refractivity (Wildman–Crippen MR) is 279 cm³/mol. The number of hydrogen-bond acceptors (Lipinski definition) is 6. The van der Waals surface area contributed by atoms with Crippen molar-refractivity contribution in [3.05, 3.63) is 97.2 Å². The molecule has 1 N–H and O–H groups in total. The SMILES string of the molecule is CC/C=C/C/C=C/C/C=C/C/C=C/C/C=C/C/C=C/CCCCCCC(=O)OCC(COCCC(C(=O)O)[N+](C)(C)C)OC(=O)CCCCCCCCCCCC/C=C/C=C/CCCCC. The number of allylic oxidation sites excluding steroid dienone is 16. The molecular formula is C58H98NO7+. The summed E-state index contributed by atoms with van der Waals surface area (Å²) in [6, 6.07) is -0.625. The van der Waals surface area contributed by atoms with E-state index < -0.39 is 18.1 Å². The lowest BCUT2D eigenvalue weighted by Crippen LogP contribution is -2.50. The molecule has 0 aliphatic rings. The highest BCUT2D eigenvalue weighted by atomic mass is 16.6. The number of carbonyl (C=O) groups is 3. The first-order chi connectivity index (χ1) is 32.1. The van der Waals surface area contributed by atoms with Gasteiger partial charge in [-0.25, -0.2) is 4.79 Å². The Hall–Kier alpha value is -3.75. The fourth-order valence-corrected chi connectivity index (χ4v) is 7.20. The van der Waals surface area contributed by atoms with Crippen molar-refractivity contribution in [2.24, 2.45) is 0 Å². The molecule has 0 aliphatic heterocycles. The molecule has 0 spiro atoms. The second kappa shape index (κ2) is 47.7. The molecule has 0 bridgehead atoms. The van der Waals surface area contributed by atoms with E-state index in [0.717, 1.165) is 89.9 Å². The molecule has 0 aliphatic carbocycles. The lowest BCUT2D eigenvalue weighted by atomic mass is 10.1. The quantitative estimate of drug-likeness (QED) is 0.0213. The first-order valence-corrected chi connectivity index (χ1v) is 26.3. The Morgan fingerprint density at radius 3 is 1.35 bits per heavy atom. The molecule has 376 valence electrons. The van der Waals surface area contributed by atoms with Gasteiger partial charge in [0.1, 0.15) is 6.61 Å². The van der Waals surface area contributed by atoms with Gasteiger partial charge in [-0.3, -0.25) is 9.59 Å². The van der Waals surface area contributed by atoms with E-state index in [0.29, 0.717) is 19.3 Å². The van der Waals surface area contributed by atoms with Crippen LogP contribution in [0.3, 0.4) is 0 Å². The molecule has 0 aromatic heterocycles. The fraction of sp³-hybridized carbons (Fsp3) is 0.672. The van der Waals surface area contributed by atoms with Gasteiger partial charge in [0.15, 0.2) is 12.1 Å². The maximum Gasteiger partial charge on any atom is 0.362 e. The van der Waals surface area contributed by atoms with Crippen LogP contribution in [0.15, 0.2) is 97.2 Å². The van der Waals surface area contributed by atoms with Gasteiger partial charge in [0.25, 0.3) is 0 Å². The maximum absolute atomic E-state index is 12.8. The molecule has 0 saturated heterocycles. The Balaban J connectivity index is 4.31. The second-order valence-corrected chi connectivity index (χ2v) is 18.4. The summed E-state index contributed by atoms with van der Waals surface area (Å²) < 4.78 is 17.3. The van der Waals surface area contributed by atoms with Crippen molar-refractivity contribution in [1.29, 1.82) is 0 Å². The number of likely N-dealkylation sites (N-methyl/N-ethyl adjacent to an activating group) is 1. The van der Waals surface area contributed by atoms with Gasteiger partial charge in [0.2, 0.25) is 0 Å². The van der Waals surface area contributed by atoms with Crippen LogP contribution in [-0.4, -0.2) is 80.6 Å². The van der Waals surface area contributed by atoms with Crippen LogP contribution in [0.4, 0.5) is 0 Å². The number of carboxylic acid groups (broad SMARTS) is 1. The minimum atomic E-state index is -0.882. The zero-order valence-electron chi connectivity index (χ0n) is 42.9. The van der Waals surface area contributed by atoms with Gasteiger partial charge in [0, 0.05) is 19.3 Å². The summed E-state index contributed by atoms with van der Waals surface area (Å²) in [6.45, 7) is 4.56. The predicted octanol–water partition coefficient (Wildman–Crippen LogP) is 15.4. The van der Waals surface area contributed by atoms with Crippen LogP contribution in [0.25, 0.3) is 0 Å². The second-order valence-electron chi connectivity index (χ2n) is 18.4. The van der Waals surface area contributed by atoms with Crippen LogP contribution in [0.5, 0.6) is 0 Å². The van der Waals surface area contributed by atoms with Crippen molar-refractivity contribution in [2.45, 2.75) is 212 Å². The van der Waals surface area contributed by atoms with Gasteiger partial charge in [-0.15, -0.1) is 0 Å². The van der Waals surface area contributed by atoms with E-state index in [1.54, 1.807) is 0 Å². The van der Waals surface area contributed by atoms with Crippen LogP contribution in [-0.2, 0) is 28.6 Å². The summed E-state index contributed by atoms with van der Waals surface area (Å²) in [4.78, 5) is 37.2. The number of nitrogens with zero attached hydrogens (tertiary/aromatic N) is 1. The van der Waals surface area contributed by atoms with E-state index in [2.05, 4.69) is 111 Å². The number of ether oxygens (including phenoxy) is 3. The number of hydrogen-bond donors (Lipinski definition) is 1. The van der Waals surface area contributed by atoms with E-state index in [4.69, 9.17) is 14.2 Å². The van der Waals surface area contributed by atoms with Crippen molar-refractivity contribution in [1.82, 2.24) is 0 Å². The van der Waals surface area contributed by atoms with E-state index in [9.17, 15) is 19.5 Å². The molecule has 0 rings (SSSR count). The lowest BCUT2D eigenvalue weighted by Gasteiger charge is -2.31. The molecule has 0 radical (unpaired) electrons. The van der Waals surface area contributed by atoms with Gasteiger partial charge in [-0.1, -0.05) is 188 Å². The summed E-state index contributed by atoms with van der Waals surface area (Å²) in [7, 11) is 5.52. The summed E-state index contributed by atoms with van der Waals surface area (Å²) in [6.07, 6.45) is 64.5. The van der Waals surface area contributed by atoms with Crippen molar-refractivity contribution >= 4 is 17.9 Å². The summed E-state index contributed by atoms with van der Waals surface area (Å²) >= 11 is 0. The molecule has 0 saturated carbocycles. The number of quaternary nitrogens is 1. The van der Waals surface area contributed by atoms with Gasteiger partial charge in [0.05, 0.1) is 34.4 Å². The number of carboxylic acids is 1. The van der Waals surface area contributed by atoms with Crippen molar-refractivity contribution in [2.75, 3.05) is 41.0 Å². The van der Waals surface area contributed by atoms with Crippen molar-refractivity contribution in [3.8, 4) is 0 Å². The third-order valence-electron chi connectivity index (χ3n) is 11.2. The van der Waals surface area contributed by atoms with Crippen LogP contribution in [0.1, 0.15) is 200 Å². The number of unbranched alkanes of at least 4 members (excludes halogenated alkanes) is 17. The van der Waals surface area contributed by atoms with E-state index in [1.807, 2.05) is 21.1 Å². The molecule has 0 fully saturated rings. The Morgan fingerprint density at radius 2 is 0.894 bits per heavy atom. The molecule has 8 heteroatoms. The van der Waals surface area contributed by atoms with Gasteiger partial charge in [-0.05, 0) is 89.9 Å². The third-order valence-corrected chi connectivity index (χ3v) is 11.2. The molecule has 2 unspecified atom stereocenters. The number of rotatable bonds is 46. The highest BCUT2D eigenvalue weighted by molar-refractivity contribution is 5.72. The minimum Gasteiger partial charge on any atom is -0.477 e. The average Bonchev–Trinajstić information content (AvgIpc) is 3.28. The van der Waals surface area contributed by atoms with Crippen LogP contribution >= 0.6 is 0 Å². The Morgan fingerprint density at radius 1 is 0.485 bits per heavy atom. The zero-order valence-corrected chi connectivity index (χ0v) is 42.9. The summed E-state index contributed by atoms with van der Waals surface area (Å²) in [5, 5.41) is 9.66. The zero-order chi connectivity index (χ0) is 48.4. The van der Waals surface area contributed by atoms with E-state index in [-0.39, 0.29) is 36.2 Å². The average molecular weight is 921 g/mol. The van der Waals surface area contributed by atoms with Crippen molar-refractivity contribution < 1.29 is 38.2 Å². The van der Waals surface area contributed by atoms with Crippen molar-refractivity contribution in [3.63, 3.8) is 0 Å². The number of aliphatic carboxylic acids is 1. The molecule has 0 aromatic carbocycles. The minimum absolute atomic E-state index is 0.0460. The Labute approximate surface area is 405 Å². The largest absolute Gasteiger partial charge is 0.477 e. The fourth-order valence-electron chi connectivity index (χ4n) is 7.20. The molecule has 66 heavy (non-hydrogen) atoms. The smallest absolute Gasteiger partial charge is 0.362 e. The normalized spacial score (nSPS) is 13.7. The van der Waals surface area contributed by atoms with E-state index >= 15 is 0 Å². The molecule has 0 aromatic rings. The highest BCUT2D eigenvalue weighted by Crippen LogP contribution is 2.14. The van der Waals surface area contributed by atoms with Crippen LogP contribution in [0.2, 0.25) is 0 Å². The number of carbonyl (C=O) groups excluding carboxylic acids is 2. The van der Waals surface area contributed by atoms with Gasteiger partial charge >= 0.3 is 17.9 Å².